The van der Waals surface area contributed by atoms with Crippen LogP contribution >= 0.6 is 23.7 Å². The Morgan fingerprint density at radius 1 is 0.930 bits per heavy atom. The van der Waals surface area contributed by atoms with Crippen molar-refractivity contribution in [3.05, 3.63) is 118 Å². The number of aromatic nitrogens is 1. The molecule has 0 N–H and O–H groups in total. The van der Waals surface area contributed by atoms with Gasteiger partial charge in [-0.3, -0.25) is 9.69 Å². The number of pyridine rings is 1. The summed E-state index contributed by atoms with van der Waals surface area (Å²) in [7, 11) is 5.31. The van der Waals surface area contributed by atoms with Gasteiger partial charge < -0.3 is 18.8 Å². The molecule has 2 heterocycles. The lowest BCUT2D eigenvalue weighted by atomic mass is 10.0. The first-order valence-corrected chi connectivity index (χ1v) is 14.6. The molecule has 2 aromatic heterocycles. The van der Waals surface area contributed by atoms with Gasteiger partial charge in [-0.2, -0.15) is 0 Å². The number of methoxy groups -OCH3 is 2. The third kappa shape index (κ3) is 6.94. The Kier molecular flexibility index (Phi) is 10.6. The SMILES string of the molecule is CCOC(=O)c1cn(Cc2ccccc2OC)c2sc(-c3cccc(OC)c3)c(CN(C)Cc3ccccc3)c2c1=O.Cl. The molecule has 0 unspecified atom stereocenters. The molecular formula is C34H35ClN2O5S. The lowest BCUT2D eigenvalue weighted by Gasteiger charge is -2.18. The van der Waals surface area contributed by atoms with Gasteiger partial charge in [0.2, 0.25) is 5.43 Å². The second-order valence-corrected chi connectivity index (χ2v) is 11.0. The van der Waals surface area contributed by atoms with E-state index < -0.39 is 5.97 Å². The Labute approximate surface area is 261 Å². The summed E-state index contributed by atoms with van der Waals surface area (Å²) in [4.78, 5) is 31.1. The minimum atomic E-state index is -0.629. The van der Waals surface area contributed by atoms with Gasteiger partial charge in [-0.15, -0.1) is 23.7 Å². The maximum Gasteiger partial charge on any atom is 0.343 e. The molecule has 0 aliphatic heterocycles. The van der Waals surface area contributed by atoms with Crippen molar-refractivity contribution in [2.45, 2.75) is 26.6 Å². The molecule has 3 aromatic carbocycles. The third-order valence-electron chi connectivity index (χ3n) is 7.09. The van der Waals surface area contributed by atoms with Crippen LogP contribution in [0.2, 0.25) is 0 Å². The van der Waals surface area contributed by atoms with Crippen LogP contribution in [0.3, 0.4) is 0 Å². The molecule has 0 saturated carbocycles. The molecule has 0 saturated heterocycles. The van der Waals surface area contributed by atoms with E-state index in [1.54, 1.807) is 27.3 Å². The van der Waals surface area contributed by atoms with E-state index in [1.807, 2.05) is 78.3 Å². The third-order valence-corrected chi connectivity index (χ3v) is 8.41. The first-order chi connectivity index (χ1) is 20.4. The highest BCUT2D eigenvalue weighted by molar-refractivity contribution is 7.22. The average Bonchev–Trinajstić information content (AvgIpc) is 3.39. The molecule has 0 aliphatic rings. The van der Waals surface area contributed by atoms with Crippen molar-refractivity contribution in [3.8, 4) is 21.9 Å². The largest absolute Gasteiger partial charge is 0.497 e. The van der Waals surface area contributed by atoms with Gasteiger partial charge in [0, 0.05) is 29.7 Å². The van der Waals surface area contributed by atoms with Gasteiger partial charge in [-0.1, -0.05) is 60.7 Å². The Hall–Kier alpha value is -4.11. The van der Waals surface area contributed by atoms with E-state index in [4.69, 9.17) is 14.2 Å². The fourth-order valence-electron chi connectivity index (χ4n) is 5.15. The Morgan fingerprint density at radius 3 is 2.40 bits per heavy atom. The Balaban J connectivity index is 0.00000423. The summed E-state index contributed by atoms with van der Waals surface area (Å²) in [6.45, 7) is 3.51. The van der Waals surface area contributed by atoms with Crippen LogP contribution in [0.15, 0.2) is 89.9 Å². The molecule has 0 amide bonds. The van der Waals surface area contributed by atoms with E-state index >= 15 is 0 Å². The standard InChI is InChI=1S/C34H34N2O5S.ClH/c1-5-41-34(38)28-22-36(20-25-14-9-10-17-29(25)40-4)33-30(31(28)37)27(21-35(2)19-23-12-7-6-8-13-23)32(42-33)24-15-11-16-26(18-24)39-3;/h6-18,22H,5,19-21H2,1-4H3;1H. The van der Waals surface area contributed by atoms with Gasteiger partial charge in [-0.25, -0.2) is 4.79 Å². The molecule has 0 aliphatic carbocycles. The number of hydrogen-bond donors (Lipinski definition) is 0. The second-order valence-electron chi connectivity index (χ2n) is 10.0. The van der Waals surface area contributed by atoms with Crippen LogP contribution in [-0.2, 0) is 24.4 Å². The summed E-state index contributed by atoms with van der Waals surface area (Å²) in [6.07, 6.45) is 1.62. The predicted molar refractivity (Wildman–Crippen MR) is 175 cm³/mol. The number of para-hydroxylation sites is 1. The van der Waals surface area contributed by atoms with Crippen molar-refractivity contribution in [2.24, 2.45) is 0 Å². The van der Waals surface area contributed by atoms with Crippen LogP contribution in [0, 0.1) is 0 Å². The number of rotatable bonds is 11. The maximum atomic E-state index is 14.1. The van der Waals surface area contributed by atoms with Crippen LogP contribution in [0.25, 0.3) is 20.7 Å². The fraction of sp³-hybridized carbons (Fsp3) is 0.235. The number of benzene rings is 3. The van der Waals surface area contributed by atoms with E-state index in [0.29, 0.717) is 25.0 Å². The van der Waals surface area contributed by atoms with Gasteiger partial charge in [0.15, 0.2) is 0 Å². The second kappa shape index (κ2) is 14.4. The van der Waals surface area contributed by atoms with Crippen LogP contribution < -0.4 is 14.9 Å². The smallest absolute Gasteiger partial charge is 0.343 e. The monoisotopic (exact) mass is 618 g/mol. The highest BCUT2D eigenvalue weighted by atomic mass is 35.5. The number of carbonyl (C=O) groups excluding carboxylic acids is 1. The number of thiophene rings is 1. The van der Waals surface area contributed by atoms with Crippen LogP contribution in [-0.4, -0.2) is 43.3 Å². The van der Waals surface area contributed by atoms with E-state index in [-0.39, 0.29) is 30.0 Å². The molecule has 0 spiro atoms. The lowest BCUT2D eigenvalue weighted by molar-refractivity contribution is 0.0524. The van der Waals surface area contributed by atoms with Gasteiger partial charge in [0.1, 0.15) is 21.9 Å². The summed E-state index contributed by atoms with van der Waals surface area (Å²) >= 11 is 1.54. The minimum Gasteiger partial charge on any atom is -0.497 e. The number of carbonyl (C=O) groups is 1. The average molecular weight is 619 g/mol. The number of halogens is 1. The lowest BCUT2D eigenvalue weighted by Crippen LogP contribution is -2.23. The number of nitrogens with zero attached hydrogens (tertiary/aromatic N) is 2. The summed E-state index contributed by atoms with van der Waals surface area (Å²) in [6, 6.07) is 25.8. The molecule has 0 bridgehead atoms. The van der Waals surface area contributed by atoms with Crippen LogP contribution in [0.4, 0.5) is 0 Å². The summed E-state index contributed by atoms with van der Waals surface area (Å²) < 4.78 is 18.4. The van der Waals surface area contributed by atoms with Gasteiger partial charge in [0.05, 0.1) is 32.8 Å². The first-order valence-electron chi connectivity index (χ1n) is 13.8. The van der Waals surface area contributed by atoms with Crippen LogP contribution in [0.1, 0.15) is 34.0 Å². The fourth-order valence-corrected chi connectivity index (χ4v) is 6.43. The number of fused-ring (bicyclic) bond motifs is 1. The Bertz CT molecular complexity index is 1770. The van der Waals surface area contributed by atoms with Gasteiger partial charge in [0.25, 0.3) is 0 Å². The summed E-state index contributed by atoms with van der Waals surface area (Å²) in [5, 5.41) is 0.526. The highest BCUT2D eigenvalue weighted by Gasteiger charge is 2.25. The normalized spacial score (nSPS) is 10.9. The summed E-state index contributed by atoms with van der Waals surface area (Å²) in [5.41, 5.74) is 3.60. The summed E-state index contributed by atoms with van der Waals surface area (Å²) in [5.74, 6) is 0.829. The van der Waals surface area contributed by atoms with E-state index in [9.17, 15) is 9.59 Å². The zero-order valence-corrected chi connectivity index (χ0v) is 26.3. The molecule has 0 radical (unpaired) electrons. The first kappa shape index (κ1) is 31.8. The molecule has 43 heavy (non-hydrogen) atoms. The molecule has 9 heteroatoms. The molecular weight excluding hydrogens is 584 g/mol. The van der Waals surface area contributed by atoms with Crippen LogP contribution in [0.5, 0.6) is 11.5 Å². The molecule has 5 rings (SSSR count). The van der Waals surface area contributed by atoms with Crippen molar-refractivity contribution in [1.29, 1.82) is 0 Å². The van der Waals surface area contributed by atoms with Crippen molar-refractivity contribution in [2.75, 3.05) is 27.9 Å². The van der Waals surface area contributed by atoms with E-state index in [0.717, 1.165) is 37.9 Å². The molecule has 7 nitrogen and oxygen atoms in total. The maximum absolute atomic E-state index is 14.1. The van der Waals surface area contributed by atoms with Crippen molar-refractivity contribution in [1.82, 2.24) is 9.47 Å². The number of ether oxygens (including phenoxy) is 3. The molecule has 224 valence electrons. The zero-order chi connectivity index (χ0) is 29.6. The number of hydrogen-bond acceptors (Lipinski definition) is 7. The molecule has 0 fully saturated rings. The topological polar surface area (TPSA) is 70.0 Å². The van der Waals surface area contributed by atoms with Crippen molar-refractivity contribution < 1.29 is 19.0 Å². The van der Waals surface area contributed by atoms with Crippen molar-refractivity contribution in [3.63, 3.8) is 0 Å². The van der Waals surface area contributed by atoms with Crippen molar-refractivity contribution >= 4 is 39.9 Å². The van der Waals surface area contributed by atoms with E-state index in [1.165, 1.54) is 16.9 Å². The predicted octanol–water partition coefficient (Wildman–Crippen LogP) is 7.03. The van der Waals surface area contributed by atoms with E-state index in [2.05, 4.69) is 17.0 Å². The minimum absolute atomic E-state index is 0. The molecule has 0 atom stereocenters. The van der Waals surface area contributed by atoms with Gasteiger partial charge in [-0.05, 0) is 48.9 Å². The quantitative estimate of drug-likeness (QED) is 0.148. The number of esters is 1. The van der Waals surface area contributed by atoms with Gasteiger partial charge >= 0.3 is 5.97 Å². The Morgan fingerprint density at radius 2 is 1.67 bits per heavy atom. The highest BCUT2D eigenvalue weighted by Crippen LogP contribution is 2.40. The molecule has 5 aromatic rings. The zero-order valence-electron chi connectivity index (χ0n) is 24.7.